The number of benzene rings is 6. The average Bonchev–Trinajstić information content (AvgIpc) is 3.17. The van der Waals surface area contributed by atoms with Gasteiger partial charge in [-0.1, -0.05) is 91.0 Å². The molecule has 8 nitrogen and oxygen atoms in total. The van der Waals surface area contributed by atoms with E-state index in [0.29, 0.717) is 5.56 Å². The van der Waals surface area contributed by atoms with Gasteiger partial charge in [-0.25, -0.2) is 0 Å². The van der Waals surface area contributed by atoms with E-state index >= 15 is 0 Å². The Labute approximate surface area is 292 Å². The van der Waals surface area contributed by atoms with Gasteiger partial charge in [0, 0.05) is 39.3 Å². The maximum absolute atomic E-state index is 14.1. The monoisotopic (exact) mass is 672 g/mol. The Balaban J connectivity index is 1.35. The van der Waals surface area contributed by atoms with Crippen LogP contribution in [0, 0.1) is 0 Å². The number of hydrogen-bond donors (Lipinski definition) is 2. The third-order valence-electron chi connectivity index (χ3n) is 9.77. The van der Waals surface area contributed by atoms with Crippen LogP contribution in [0.25, 0.3) is 11.1 Å². The number of hydrogen-bond acceptors (Lipinski definition) is 8. The van der Waals surface area contributed by atoms with Gasteiger partial charge in [0.15, 0.2) is 11.6 Å². The zero-order valence-electron chi connectivity index (χ0n) is 27.4. The van der Waals surface area contributed by atoms with Crippen molar-refractivity contribution < 1.29 is 38.9 Å². The van der Waals surface area contributed by atoms with Crippen molar-refractivity contribution in [2.75, 3.05) is 14.2 Å². The SMILES string of the molecule is COc1cccc2c1C(=O)c1c(ccc(C(c3ccc(-c4ccccc4)cc3)c3ccc4c(c3O)C(=O)c3c(OC)cccc3C4=O)c1O)C2=O. The van der Waals surface area contributed by atoms with Crippen LogP contribution in [-0.2, 0) is 0 Å². The van der Waals surface area contributed by atoms with Crippen LogP contribution in [0.15, 0.2) is 115 Å². The number of phenolic OH excluding ortho intramolecular Hbond substituents is 2. The summed E-state index contributed by atoms with van der Waals surface area (Å²) in [5.41, 5.74) is 2.97. The number of aromatic hydroxyl groups is 2. The van der Waals surface area contributed by atoms with Crippen LogP contribution in [0.1, 0.15) is 86.3 Å². The van der Waals surface area contributed by atoms with Gasteiger partial charge in [0.05, 0.1) is 36.5 Å². The van der Waals surface area contributed by atoms with Crippen molar-refractivity contribution in [2.45, 2.75) is 5.92 Å². The molecule has 2 aliphatic carbocycles. The highest BCUT2D eigenvalue weighted by molar-refractivity contribution is 6.31. The normalized spacial score (nSPS) is 13.0. The minimum absolute atomic E-state index is 0.0271. The number of carbonyl (C=O) groups excluding carboxylic acids is 4. The van der Waals surface area contributed by atoms with Gasteiger partial charge in [-0.15, -0.1) is 0 Å². The third-order valence-corrected chi connectivity index (χ3v) is 9.77. The first-order valence-electron chi connectivity index (χ1n) is 16.1. The lowest BCUT2D eigenvalue weighted by molar-refractivity contribution is 0.0973. The lowest BCUT2D eigenvalue weighted by atomic mass is 9.76. The van der Waals surface area contributed by atoms with E-state index in [9.17, 15) is 29.4 Å². The van der Waals surface area contributed by atoms with E-state index in [-0.39, 0.29) is 67.1 Å². The third kappa shape index (κ3) is 4.68. The highest BCUT2D eigenvalue weighted by Crippen LogP contribution is 2.48. The highest BCUT2D eigenvalue weighted by Gasteiger charge is 2.39. The summed E-state index contributed by atoms with van der Waals surface area (Å²) in [6.07, 6.45) is 0. The van der Waals surface area contributed by atoms with Crippen molar-refractivity contribution in [2.24, 2.45) is 0 Å². The van der Waals surface area contributed by atoms with Crippen molar-refractivity contribution >= 4 is 23.1 Å². The molecule has 248 valence electrons. The quantitative estimate of drug-likeness (QED) is 0.174. The Morgan fingerprint density at radius 2 is 0.863 bits per heavy atom. The summed E-state index contributed by atoms with van der Waals surface area (Å²) >= 11 is 0. The number of methoxy groups -OCH3 is 2. The number of ether oxygens (including phenoxy) is 2. The summed E-state index contributed by atoms with van der Waals surface area (Å²) in [6, 6.07) is 32.7. The minimum atomic E-state index is -0.964. The fraction of sp³-hybridized carbons (Fsp3) is 0.0698. The molecule has 0 aliphatic heterocycles. The molecular weight excluding hydrogens is 644 g/mol. The molecule has 0 fully saturated rings. The molecule has 6 aromatic carbocycles. The van der Waals surface area contributed by atoms with Crippen molar-refractivity contribution in [1.82, 2.24) is 0 Å². The number of fused-ring (bicyclic) bond motifs is 4. The van der Waals surface area contributed by atoms with Gasteiger partial charge in [-0.2, -0.15) is 0 Å². The lowest BCUT2D eigenvalue weighted by Gasteiger charge is -2.27. The van der Waals surface area contributed by atoms with E-state index in [1.54, 1.807) is 48.5 Å². The van der Waals surface area contributed by atoms with Crippen molar-refractivity contribution in [1.29, 1.82) is 0 Å². The smallest absolute Gasteiger partial charge is 0.201 e. The lowest BCUT2D eigenvalue weighted by Crippen LogP contribution is -2.23. The summed E-state index contributed by atoms with van der Waals surface area (Å²) < 4.78 is 10.8. The van der Waals surface area contributed by atoms with Gasteiger partial charge in [0.1, 0.15) is 23.0 Å². The van der Waals surface area contributed by atoms with Crippen molar-refractivity contribution in [3.05, 3.63) is 176 Å². The molecule has 0 heterocycles. The molecule has 0 saturated heterocycles. The van der Waals surface area contributed by atoms with Gasteiger partial charge in [0.25, 0.3) is 0 Å². The van der Waals surface area contributed by atoms with Gasteiger partial charge in [0.2, 0.25) is 11.6 Å². The first-order chi connectivity index (χ1) is 24.7. The Morgan fingerprint density at radius 3 is 1.31 bits per heavy atom. The molecule has 0 amide bonds. The fourth-order valence-corrected chi connectivity index (χ4v) is 7.33. The van der Waals surface area contributed by atoms with Crippen LogP contribution in [0.3, 0.4) is 0 Å². The first-order valence-corrected chi connectivity index (χ1v) is 16.1. The molecule has 6 aromatic rings. The molecule has 51 heavy (non-hydrogen) atoms. The van der Waals surface area contributed by atoms with E-state index in [4.69, 9.17) is 9.47 Å². The molecule has 0 bridgehead atoms. The van der Waals surface area contributed by atoms with Crippen molar-refractivity contribution in [3.8, 4) is 34.1 Å². The molecule has 2 N–H and O–H groups in total. The molecule has 8 rings (SSSR count). The first kappa shape index (κ1) is 31.5. The van der Waals surface area contributed by atoms with Crippen LogP contribution in [0.2, 0.25) is 0 Å². The number of phenols is 2. The summed E-state index contributed by atoms with van der Waals surface area (Å²) in [7, 11) is 2.79. The molecule has 0 spiro atoms. The summed E-state index contributed by atoms with van der Waals surface area (Å²) in [4.78, 5) is 55.5. The zero-order valence-corrected chi connectivity index (χ0v) is 27.4. The number of rotatable bonds is 6. The average molecular weight is 673 g/mol. The predicted molar refractivity (Wildman–Crippen MR) is 189 cm³/mol. The van der Waals surface area contributed by atoms with Gasteiger partial charge < -0.3 is 19.7 Å². The molecular formula is C43H28O8. The van der Waals surface area contributed by atoms with E-state index < -0.39 is 40.5 Å². The zero-order chi connectivity index (χ0) is 35.6. The van der Waals surface area contributed by atoms with E-state index in [1.165, 1.54) is 26.4 Å². The van der Waals surface area contributed by atoms with Crippen LogP contribution >= 0.6 is 0 Å². The van der Waals surface area contributed by atoms with E-state index in [0.717, 1.165) is 11.1 Å². The molecule has 2 aliphatic rings. The maximum atomic E-state index is 14.1. The highest BCUT2D eigenvalue weighted by atomic mass is 16.5. The summed E-state index contributed by atoms with van der Waals surface area (Å²) in [6.45, 7) is 0. The topological polar surface area (TPSA) is 127 Å². The Morgan fingerprint density at radius 1 is 0.431 bits per heavy atom. The molecule has 0 atom stereocenters. The van der Waals surface area contributed by atoms with Crippen LogP contribution in [0.4, 0.5) is 0 Å². The van der Waals surface area contributed by atoms with Gasteiger partial charge in [-0.3, -0.25) is 19.2 Å². The second-order valence-corrected chi connectivity index (χ2v) is 12.4. The molecule has 0 saturated carbocycles. The van der Waals surface area contributed by atoms with Crippen LogP contribution < -0.4 is 9.47 Å². The number of carbonyl (C=O) groups is 4. The largest absolute Gasteiger partial charge is 0.507 e. The molecule has 0 aromatic heterocycles. The van der Waals surface area contributed by atoms with Crippen LogP contribution in [0.5, 0.6) is 23.0 Å². The predicted octanol–water partition coefficient (Wildman–Crippen LogP) is 7.51. The van der Waals surface area contributed by atoms with E-state index in [1.807, 2.05) is 54.6 Å². The maximum Gasteiger partial charge on any atom is 0.201 e. The van der Waals surface area contributed by atoms with Crippen molar-refractivity contribution in [3.63, 3.8) is 0 Å². The van der Waals surface area contributed by atoms with E-state index in [2.05, 4.69) is 0 Å². The Kier molecular flexibility index (Phi) is 7.38. The van der Waals surface area contributed by atoms with Gasteiger partial charge >= 0.3 is 0 Å². The molecule has 0 unspecified atom stereocenters. The van der Waals surface area contributed by atoms with Crippen LogP contribution in [-0.4, -0.2) is 47.6 Å². The van der Waals surface area contributed by atoms with Gasteiger partial charge in [-0.05, 0) is 41.0 Å². The second-order valence-electron chi connectivity index (χ2n) is 12.4. The Hall–Kier alpha value is -6.80. The number of ketones is 4. The molecule has 8 heteroatoms. The Bertz CT molecular complexity index is 2350. The minimum Gasteiger partial charge on any atom is -0.507 e. The summed E-state index contributed by atoms with van der Waals surface area (Å²) in [5, 5.41) is 24.1. The molecule has 0 radical (unpaired) electrons. The summed E-state index contributed by atoms with van der Waals surface area (Å²) in [5.74, 6) is -3.55. The second kappa shape index (κ2) is 12.0. The fourth-order valence-electron chi connectivity index (χ4n) is 7.33. The standard InChI is InChI=1S/C43H28O8/c1-50-31-12-6-10-25-34(31)42(48)36-29(38(25)44)20-18-27(40(36)46)33(24-16-14-23(15-17-24)22-8-4-3-5-9-22)28-19-21-30-37(41(28)47)43(49)35-26(39(30)45)11-7-13-32(35)51-2/h3-21,33,46-47H,1-2H3.